The molecule has 88 valence electrons. The summed E-state index contributed by atoms with van der Waals surface area (Å²) >= 11 is 1.72. The van der Waals surface area contributed by atoms with Crippen LogP contribution in [0.1, 0.15) is 16.7 Å². The minimum absolute atomic E-state index is 0.0913. The quantitative estimate of drug-likeness (QED) is 0.882. The molecule has 0 bridgehead atoms. The molecule has 0 spiro atoms. The summed E-state index contributed by atoms with van der Waals surface area (Å²) in [6, 6.07) is 14.4. The molecular formula is C15H16OS. The smallest absolute Gasteiger partial charge is 0.0692 e. The molecule has 0 saturated heterocycles. The highest BCUT2D eigenvalue weighted by molar-refractivity contribution is 7.99. The van der Waals surface area contributed by atoms with E-state index in [1.165, 1.54) is 16.0 Å². The minimum Gasteiger partial charge on any atom is -0.392 e. The molecule has 0 radical (unpaired) electrons. The Morgan fingerprint density at radius 2 is 1.76 bits per heavy atom. The van der Waals surface area contributed by atoms with Crippen molar-refractivity contribution < 1.29 is 5.11 Å². The van der Waals surface area contributed by atoms with E-state index in [0.717, 1.165) is 10.5 Å². The first kappa shape index (κ1) is 12.2. The molecule has 2 aromatic rings. The predicted molar refractivity (Wildman–Crippen MR) is 72.4 cm³/mol. The van der Waals surface area contributed by atoms with Crippen LogP contribution in [0.3, 0.4) is 0 Å². The number of aliphatic hydroxyl groups excluding tert-OH is 1. The molecule has 1 N–H and O–H groups in total. The Balaban J connectivity index is 2.34. The second kappa shape index (κ2) is 5.39. The summed E-state index contributed by atoms with van der Waals surface area (Å²) in [5, 5.41) is 9.31. The van der Waals surface area contributed by atoms with Crippen LogP contribution in [-0.2, 0) is 6.61 Å². The summed E-state index contributed by atoms with van der Waals surface area (Å²) in [6.45, 7) is 4.30. The molecule has 0 aromatic heterocycles. The third-order valence-corrected chi connectivity index (χ3v) is 3.98. The monoisotopic (exact) mass is 244 g/mol. The summed E-state index contributed by atoms with van der Waals surface area (Å²) in [5.41, 5.74) is 3.52. The zero-order chi connectivity index (χ0) is 12.3. The maximum Gasteiger partial charge on any atom is 0.0692 e. The Morgan fingerprint density at radius 3 is 2.53 bits per heavy atom. The van der Waals surface area contributed by atoms with E-state index in [4.69, 9.17) is 0 Å². The van der Waals surface area contributed by atoms with E-state index in [-0.39, 0.29) is 6.61 Å². The van der Waals surface area contributed by atoms with Gasteiger partial charge in [0.1, 0.15) is 0 Å². The van der Waals surface area contributed by atoms with Gasteiger partial charge in [0.15, 0.2) is 0 Å². The van der Waals surface area contributed by atoms with E-state index in [1.54, 1.807) is 11.8 Å². The van der Waals surface area contributed by atoms with Crippen LogP contribution in [0.4, 0.5) is 0 Å². The molecular weight excluding hydrogens is 228 g/mol. The van der Waals surface area contributed by atoms with Gasteiger partial charge in [0.2, 0.25) is 0 Å². The average Bonchev–Trinajstić information content (AvgIpc) is 2.34. The first-order chi connectivity index (χ1) is 8.20. The van der Waals surface area contributed by atoms with Crippen LogP contribution in [0.15, 0.2) is 52.3 Å². The normalized spacial score (nSPS) is 10.5. The zero-order valence-corrected chi connectivity index (χ0v) is 10.9. The van der Waals surface area contributed by atoms with Crippen LogP contribution >= 0.6 is 11.8 Å². The minimum atomic E-state index is 0.0913. The Labute approximate surface area is 107 Å². The summed E-state index contributed by atoms with van der Waals surface area (Å²) in [4.78, 5) is 2.38. The SMILES string of the molecule is Cc1ccc(C)c(Sc2ccccc2CO)c1. The number of aliphatic hydroxyl groups is 1. The van der Waals surface area contributed by atoms with Crippen molar-refractivity contribution in [2.45, 2.75) is 30.2 Å². The van der Waals surface area contributed by atoms with Gasteiger partial charge >= 0.3 is 0 Å². The van der Waals surface area contributed by atoms with E-state index < -0.39 is 0 Å². The molecule has 0 aliphatic carbocycles. The second-order valence-electron chi connectivity index (χ2n) is 4.14. The van der Waals surface area contributed by atoms with Gasteiger partial charge in [-0.3, -0.25) is 0 Å². The molecule has 2 heteroatoms. The van der Waals surface area contributed by atoms with Crippen LogP contribution in [0, 0.1) is 13.8 Å². The molecule has 2 aromatic carbocycles. The van der Waals surface area contributed by atoms with Crippen molar-refractivity contribution in [3.63, 3.8) is 0 Å². The van der Waals surface area contributed by atoms with E-state index in [1.807, 2.05) is 18.2 Å². The van der Waals surface area contributed by atoms with Crippen molar-refractivity contribution >= 4 is 11.8 Å². The molecule has 0 atom stereocenters. The van der Waals surface area contributed by atoms with Gasteiger partial charge in [0, 0.05) is 9.79 Å². The Kier molecular flexibility index (Phi) is 3.87. The lowest BCUT2D eigenvalue weighted by Gasteiger charge is -2.09. The second-order valence-corrected chi connectivity index (χ2v) is 5.22. The van der Waals surface area contributed by atoms with E-state index in [9.17, 15) is 5.11 Å². The number of benzene rings is 2. The molecule has 0 aliphatic rings. The summed E-state index contributed by atoms with van der Waals surface area (Å²) in [6.07, 6.45) is 0. The standard InChI is InChI=1S/C15H16OS/c1-11-7-8-12(2)15(9-11)17-14-6-4-3-5-13(14)10-16/h3-9,16H,10H2,1-2H3. The molecule has 2 rings (SSSR count). The van der Waals surface area contributed by atoms with Gasteiger partial charge in [0.05, 0.1) is 6.61 Å². The fourth-order valence-electron chi connectivity index (χ4n) is 1.67. The molecule has 0 heterocycles. The highest BCUT2D eigenvalue weighted by atomic mass is 32.2. The maximum absolute atomic E-state index is 9.31. The van der Waals surface area contributed by atoms with E-state index >= 15 is 0 Å². The van der Waals surface area contributed by atoms with Crippen LogP contribution in [0.25, 0.3) is 0 Å². The highest BCUT2D eigenvalue weighted by Gasteiger charge is 2.05. The van der Waals surface area contributed by atoms with Gasteiger partial charge in [-0.2, -0.15) is 0 Å². The van der Waals surface area contributed by atoms with Crippen LogP contribution in [-0.4, -0.2) is 5.11 Å². The summed E-state index contributed by atoms with van der Waals surface area (Å²) in [7, 11) is 0. The lowest BCUT2D eigenvalue weighted by molar-refractivity contribution is 0.279. The van der Waals surface area contributed by atoms with Crippen molar-refractivity contribution in [1.82, 2.24) is 0 Å². The van der Waals surface area contributed by atoms with E-state index in [0.29, 0.717) is 0 Å². The summed E-state index contributed by atoms with van der Waals surface area (Å²) in [5.74, 6) is 0. The number of aryl methyl sites for hydroxylation is 2. The number of hydrogen-bond donors (Lipinski definition) is 1. The molecule has 17 heavy (non-hydrogen) atoms. The molecule has 0 saturated carbocycles. The van der Waals surface area contributed by atoms with Gasteiger partial charge in [0.25, 0.3) is 0 Å². The zero-order valence-electron chi connectivity index (χ0n) is 10.1. The number of rotatable bonds is 3. The Hall–Kier alpha value is -1.25. The largest absolute Gasteiger partial charge is 0.392 e. The molecule has 0 unspecified atom stereocenters. The molecule has 0 amide bonds. The lowest BCUT2D eigenvalue weighted by Crippen LogP contribution is -1.88. The van der Waals surface area contributed by atoms with Crippen molar-refractivity contribution in [3.8, 4) is 0 Å². The Bertz CT molecular complexity index is 520. The van der Waals surface area contributed by atoms with Crippen molar-refractivity contribution in [3.05, 3.63) is 59.2 Å². The molecule has 0 aliphatic heterocycles. The van der Waals surface area contributed by atoms with Crippen molar-refractivity contribution in [2.24, 2.45) is 0 Å². The fourth-order valence-corrected chi connectivity index (χ4v) is 2.79. The van der Waals surface area contributed by atoms with Gasteiger partial charge in [-0.15, -0.1) is 0 Å². The van der Waals surface area contributed by atoms with Crippen LogP contribution in [0.5, 0.6) is 0 Å². The van der Waals surface area contributed by atoms with E-state index in [2.05, 4.69) is 38.1 Å². The molecule has 0 fully saturated rings. The molecule has 1 nitrogen and oxygen atoms in total. The maximum atomic E-state index is 9.31. The third kappa shape index (κ3) is 2.90. The van der Waals surface area contributed by atoms with Gasteiger partial charge < -0.3 is 5.11 Å². The van der Waals surface area contributed by atoms with Crippen LogP contribution < -0.4 is 0 Å². The van der Waals surface area contributed by atoms with Crippen LogP contribution in [0.2, 0.25) is 0 Å². The Morgan fingerprint density at radius 1 is 1.00 bits per heavy atom. The first-order valence-corrected chi connectivity index (χ1v) is 6.46. The highest BCUT2D eigenvalue weighted by Crippen LogP contribution is 2.33. The summed E-state index contributed by atoms with van der Waals surface area (Å²) < 4.78 is 0. The van der Waals surface area contributed by atoms with Gasteiger partial charge in [-0.05, 0) is 42.7 Å². The van der Waals surface area contributed by atoms with Gasteiger partial charge in [-0.1, -0.05) is 42.1 Å². The topological polar surface area (TPSA) is 20.2 Å². The van der Waals surface area contributed by atoms with Crippen molar-refractivity contribution in [1.29, 1.82) is 0 Å². The third-order valence-electron chi connectivity index (χ3n) is 2.71. The average molecular weight is 244 g/mol. The fraction of sp³-hybridized carbons (Fsp3) is 0.200. The lowest BCUT2D eigenvalue weighted by atomic mass is 10.2. The van der Waals surface area contributed by atoms with Gasteiger partial charge in [-0.25, -0.2) is 0 Å². The van der Waals surface area contributed by atoms with Crippen molar-refractivity contribution in [2.75, 3.05) is 0 Å². The first-order valence-electron chi connectivity index (χ1n) is 5.64. The predicted octanol–water partition coefficient (Wildman–Crippen LogP) is 3.95. The number of hydrogen-bond acceptors (Lipinski definition) is 2.